The number of hydrogen-bond acceptors (Lipinski definition) is 6. The molecule has 2 aliphatic heterocycles. The predicted molar refractivity (Wildman–Crippen MR) is 85.5 cm³/mol. The maximum Gasteiger partial charge on any atom is 0.498 e. The molecule has 3 rings (SSSR count). The van der Waals surface area contributed by atoms with Crippen LogP contribution in [-0.4, -0.2) is 58.8 Å². The third-order valence-electron chi connectivity index (χ3n) is 4.97. The van der Waals surface area contributed by atoms with Gasteiger partial charge in [0, 0.05) is 24.4 Å². The molecule has 6 nitrogen and oxygen atoms in total. The Morgan fingerprint density at radius 3 is 2.30 bits per heavy atom. The van der Waals surface area contributed by atoms with E-state index in [2.05, 4.69) is 9.97 Å². The third-order valence-corrected chi connectivity index (χ3v) is 4.97. The lowest BCUT2D eigenvalue weighted by atomic mass is 9.81. The van der Waals surface area contributed by atoms with Crippen molar-refractivity contribution in [2.45, 2.75) is 57.6 Å². The van der Waals surface area contributed by atoms with Gasteiger partial charge in [-0.05, 0) is 34.1 Å². The maximum absolute atomic E-state index is 13.6. The van der Waals surface area contributed by atoms with Crippen LogP contribution < -0.4 is 10.4 Å². The van der Waals surface area contributed by atoms with Crippen LogP contribution in [0.4, 0.5) is 10.3 Å². The van der Waals surface area contributed by atoms with Gasteiger partial charge in [-0.15, -0.1) is 0 Å². The van der Waals surface area contributed by atoms with Gasteiger partial charge in [0.2, 0.25) is 5.95 Å². The lowest BCUT2D eigenvalue weighted by Gasteiger charge is -2.32. The zero-order valence-corrected chi connectivity index (χ0v) is 14.0. The first-order valence-corrected chi connectivity index (χ1v) is 7.94. The van der Waals surface area contributed by atoms with E-state index in [-0.39, 0.29) is 6.54 Å². The van der Waals surface area contributed by atoms with E-state index in [0.717, 1.165) is 5.46 Å². The SMILES string of the molecule is CC1(C)OB(c2cnc(N3CCC(O)C(F)C3)nc2)OC1(C)C. The normalized spacial score (nSPS) is 29.8. The fraction of sp³-hybridized carbons (Fsp3) is 0.733. The minimum atomic E-state index is -1.27. The molecule has 0 aliphatic carbocycles. The number of aliphatic hydroxyl groups is 1. The van der Waals surface area contributed by atoms with Crippen molar-refractivity contribution in [2.24, 2.45) is 0 Å². The van der Waals surface area contributed by atoms with E-state index in [1.165, 1.54) is 0 Å². The second-order valence-corrected chi connectivity index (χ2v) is 7.22. The minimum Gasteiger partial charge on any atom is -0.399 e. The van der Waals surface area contributed by atoms with Crippen LogP contribution in [0.5, 0.6) is 0 Å². The first kappa shape index (κ1) is 16.6. The fourth-order valence-corrected chi connectivity index (χ4v) is 2.67. The van der Waals surface area contributed by atoms with Crippen LogP contribution >= 0.6 is 0 Å². The summed E-state index contributed by atoms with van der Waals surface area (Å²) in [6, 6.07) is 0. The molecule has 1 aromatic rings. The Labute approximate surface area is 136 Å². The fourth-order valence-electron chi connectivity index (χ4n) is 2.67. The molecule has 2 fully saturated rings. The van der Waals surface area contributed by atoms with E-state index in [4.69, 9.17) is 9.31 Å². The van der Waals surface area contributed by atoms with Crippen molar-refractivity contribution < 1.29 is 18.8 Å². The lowest BCUT2D eigenvalue weighted by molar-refractivity contribution is 0.00578. The second kappa shape index (κ2) is 5.68. The van der Waals surface area contributed by atoms with Gasteiger partial charge in [-0.25, -0.2) is 14.4 Å². The largest absolute Gasteiger partial charge is 0.498 e. The number of aromatic nitrogens is 2. The molecule has 0 radical (unpaired) electrons. The van der Waals surface area contributed by atoms with Gasteiger partial charge in [0.15, 0.2) is 0 Å². The third kappa shape index (κ3) is 3.07. The molecule has 0 bridgehead atoms. The van der Waals surface area contributed by atoms with Gasteiger partial charge in [0.05, 0.1) is 23.9 Å². The van der Waals surface area contributed by atoms with Crippen LogP contribution in [0.15, 0.2) is 12.4 Å². The predicted octanol–water partition coefficient (Wildman–Crippen LogP) is 0.685. The number of aliphatic hydroxyl groups excluding tert-OH is 1. The zero-order valence-electron chi connectivity index (χ0n) is 14.0. The molecule has 0 saturated carbocycles. The smallest absolute Gasteiger partial charge is 0.399 e. The van der Waals surface area contributed by atoms with Gasteiger partial charge >= 0.3 is 7.12 Å². The monoisotopic (exact) mass is 323 g/mol. The summed E-state index contributed by atoms with van der Waals surface area (Å²) in [5.41, 5.74) is -0.0945. The van der Waals surface area contributed by atoms with Crippen LogP contribution in [0, 0.1) is 0 Å². The zero-order chi connectivity index (χ0) is 16.8. The molecular formula is C15H23BFN3O3. The molecule has 2 aliphatic rings. The number of halogens is 1. The van der Waals surface area contributed by atoms with Crippen molar-refractivity contribution in [3.63, 3.8) is 0 Å². The number of hydrogen-bond donors (Lipinski definition) is 1. The summed E-state index contributed by atoms with van der Waals surface area (Å²) in [7, 11) is -0.508. The van der Waals surface area contributed by atoms with Gasteiger partial charge in [-0.1, -0.05) is 0 Å². The van der Waals surface area contributed by atoms with Crippen molar-refractivity contribution in [1.29, 1.82) is 0 Å². The highest BCUT2D eigenvalue weighted by atomic mass is 19.1. The Bertz CT molecular complexity index is 554. The molecule has 2 unspecified atom stereocenters. The minimum absolute atomic E-state index is 0.108. The van der Waals surface area contributed by atoms with Crippen LogP contribution in [0.3, 0.4) is 0 Å². The first-order valence-electron chi connectivity index (χ1n) is 7.94. The van der Waals surface area contributed by atoms with Crippen LogP contribution in [0.25, 0.3) is 0 Å². The lowest BCUT2D eigenvalue weighted by Crippen LogP contribution is -2.45. The summed E-state index contributed by atoms with van der Waals surface area (Å²) in [6.07, 6.45) is 1.53. The van der Waals surface area contributed by atoms with Gasteiger partial charge in [-0.2, -0.15) is 0 Å². The topological polar surface area (TPSA) is 67.7 Å². The number of anilines is 1. The highest BCUT2D eigenvalue weighted by Crippen LogP contribution is 2.36. The average Bonchev–Trinajstić information content (AvgIpc) is 2.71. The summed E-state index contributed by atoms with van der Waals surface area (Å²) >= 11 is 0. The van der Waals surface area contributed by atoms with Crippen molar-refractivity contribution in [1.82, 2.24) is 9.97 Å². The van der Waals surface area contributed by atoms with Crippen LogP contribution in [0.2, 0.25) is 0 Å². The number of rotatable bonds is 2. The molecule has 1 N–H and O–H groups in total. The molecule has 1 aromatic heterocycles. The van der Waals surface area contributed by atoms with E-state index in [1.54, 1.807) is 17.3 Å². The molecule has 2 atom stereocenters. The molecule has 0 spiro atoms. The molecule has 23 heavy (non-hydrogen) atoms. The summed E-state index contributed by atoms with van der Waals surface area (Å²) in [5, 5.41) is 9.45. The molecule has 126 valence electrons. The van der Waals surface area contributed by atoms with Gasteiger partial charge in [0.25, 0.3) is 0 Å². The second-order valence-electron chi connectivity index (χ2n) is 7.22. The standard InChI is InChI=1S/C15H23BFN3O3/c1-14(2)15(3,4)23-16(22-14)10-7-18-13(19-8-10)20-6-5-12(21)11(17)9-20/h7-8,11-12,21H,5-6,9H2,1-4H3. The molecule has 8 heteroatoms. The molecule has 3 heterocycles. The average molecular weight is 323 g/mol. The summed E-state index contributed by atoms with van der Waals surface area (Å²) in [6.45, 7) is 8.60. The highest BCUT2D eigenvalue weighted by molar-refractivity contribution is 6.61. The maximum atomic E-state index is 13.6. The summed E-state index contributed by atoms with van der Waals surface area (Å²) < 4.78 is 25.5. The van der Waals surface area contributed by atoms with Gasteiger partial charge in [0.1, 0.15) is 6.17 Å². The van der Waals surface area contributed by atoms with Crippen LogP contribution in [-0.2, 0) is 9.31 Å². The molecule has 0 amide bonds. The first-order chi connectivity index (χ1) is 10.7. The molecular weight excluding hydrogens is 300 g/mol. The Morgan fingerprint density at radius 1 is 1.22 bits per heavy atom. The van der Waals surface area contributed by atoms with Crippen molar-refractivity contribution in [2.75, 3.05) is 18.0 Å². The van der Waals surface area contributed by atoms with Crippen molar-refractivity contribution in [3.8, 4) is 0 Å². The van der Waals surface area contributed by atoms with Gasteiger partial charge < -0.3 is 19.3 Å². The Hall–Kier alpha value is -1.25. The van der Waals surface area contributed by atoms with E-state index in [0.29, 0.717) is 18.9 Å². The summed E-state index contributed by atoms with van der Waals surface area (Å²) in [5.74, 6) is 0.458. The Morgan fingerprint density at radius 2 is 1.78 bits per heavy atom. The van der Waals surface area contributed by atoms with E-state index >= 15 is 0 Å². The van der Waals surface area contributed by atoms with E-state index in [1.807, 2.05) is 27.7 Å². The molecule has 2 saturated heterocycles. The van der Waals surface area contributed by atoms with Gasteiger partial charge in [-0.3, -0.25) is 0 Å². The molecule has 0 aromatic carbocycles. The highest BCUT2D eigenvalue weighted by Gasteiger charge is 2.52. The van der Waals surface area contributed by atoms with Crippen molar-refractivity contribution in [3.05, 3.63) is 12.4 Å². The Kier molecular flexibility index (Phi) is 4.10. The Balaban J connectivity index is 1.71. The van der Waals surface area contributed by atoms with E-state index in [9.17, 15) is 9.50 Å². The quantitative estimate of drug-likeness (QED) is 0.808. The van der Waals surface area contributed by atoms with Crippen molar-refractivity contribution >= 4 is 18.5 Å². The van der Waals surface area contributed by atoms with Crippen LogP contribution in [0.1, 0.15) is 34.1 Å². The number of piperidine rings is 1. The number of alkyl halides is 1. The number of nitrogens with zero attached hydrogens (tertiary/aromatic N) is 3. The summed E-state index contributed by atoms with van der Waals surface area (Å²) in [4.78, 5) is 10.4. The van der Waals surface area contributed by atoms with E-state index < -0.39 is 30.6 Å².